The fraction of sp³-hybridized carbons (Fsp3) is 0.100. The molecule has 18 heavy (non-hydrogen) atoms. The summed E-state index contributed by atoms with van der Waals surface area (Å²) >= 11 is 0. The van der Waals surface area contributed by atoms with E-state index in [0.29, 0.717) is 0 Å². The van der Waals surface area contributed by atoms with Crippen LogP contribution in [0.1, 0.15) is 5.48 Å². The first kappa shape index (κ1) is 8.81. The smallest absolute Gasteiger partial charge is 0.331 e. The van der Waals surface area contributed by atoms with Gasteiger partial charge in [-0.1, -0.05) is 12.1 Å². The number of esters is 1. The summed E-state index contributed by atoms with van der Waals surface area (Å²) in [6.45, 7) is 0. The number of para-hydroxylation sites is 1. The normalized spacial score (nSPS) is 15.9. The largest absolute Gasteiger partial charge is 0.466 e. The summed E-state index contributed by atoms with van der Waals surface area (Å²) < 4.78 is 55.1. The van der Waals surface area contributed by atoms with Crippen molar-refractivity contribution in [2.24, 2.45) is 0 Å². The zero-order valence-corrected chi connectivity index (χ0v) is 9.51. The zero-order chi connectivity index (χ0) is 17.1. The molecular weight excluding hydrogens is 262 g/mol. The van der Waals surface area contributed by atoms with Crippen LogP contribution < -0.4 is 0 Å². The van der Waals surface area contributed by atoms with Gasteiger partial charge in [0.2, 0.25) is 9.84 Å². The molecule has 0 spiro atoms. The maximum absolute atomic E-state index is 12.0. The fourth-order valence-corrected chi connectivity index (χ4v) is 2.15. The third-order valence-electron chi connectivity index (χ3n) is 1.79. The lowest BCUT2D eigenvalue weighted by molar-refractivity contribution is -0.387. The van der Waals surface area contributed by atoms with E-state index in [9.17, 15) is 23.3 Å². The Hall–Kier alpha value is -2.22. The van der Waals surface area contributed by atoms with Crippen molar-refractivity contribution in [3.63, 3.8) is 0 Å². The number of benzene rings is 1. The van der Waals surface area contributed by atoms with Gasteiger partial charge in [0.1, 0.15) is 4.90 Å². The van der Waals surface area contributed by atoms with Crippen molar-refractivity contribution < 1.29 is 28.4 Å². The van der Waals surface area contributed by atoms with Crippen LogP contribution in [-0.4, -0.2) is 26.3 Å². The molecule has 8 heteroatoms. The number of nitrogens with zero attached hydrogens (tertiary/aromatic N) is 1. The van der Waals surface area contributed by atoms with Crippen molar-refractivity contribution in [3.05, 3.63) is 45.8 Å². The number of rotatable bonds is 4. The number of hydrogen-bond acceptors (Lipinski definition) is 6. The van der Waals surface area contributed by atoms with Gasteiger partial charge in [0.05, 0.1) is 17.4 Å². The predicted molar refractivity (Wildman–Crippen MR) is 61.4 cm³/mol. The molecule has 0 fully saturated rings. The van der Waals surface area contributed by atoms with Crippen LogP contribution in [0.4, 0.5) is 5.69 Å². The number of ether oxygens (including phenoxy) is 1. The van der Waals surface area contributed by atoms with Crippen LogP contribution in [0.25, 0.3) is 0 Å². The Morgan fingerprint density at radius 1 is 1.56 bits per heavy atom. The maximum Gasteiger partial charge on any atom is 0.331 e. The summed E-state index contributed by atoms with van der Waals surface area (Å²) in [5.74, 6) is -1.69. The standard InChI is InChI=1S/C10H9NO6S/c1-17-10(12)6-7-18(15,16)9-5-3-2-4-8(9)11(13)14/h2-7H,1H3/b7-6-/i1D3,6D. The van der Waals surface area contributed by atoms with E-state index in [1.165, 1.54) is 12.1 Å². The molecule has 0 aliphatic heterocycles. The molecule has 0 radical (unpaired) electrons. The second-order valence-electron chi connectivity index (χ2n) is 2.92. The van der Waals surface area contributed by atoms with Crippen molar-refractivity contribution >= 4 is 21.5 Å². The second-order valence-corrected chi connectivity index (χ2v) is 4.69. The van der Waals surface area contributed by atoms with E-state index in [1.807, 2.05) is 0 Å². The van der Waals surface area contributed by atoms with Crippen molar-refractivity contribution in [1.82, 2.24) is 0 Å². The van der Waals surface area contributed by atoms with E-state index in [-0.39, 0.29) is 5.41 Å². The van der Waals surface area contributed by atoms with E-state index < -0.39 is 44.4 Å². The number of methoxy groups -OCH3 is 1. The molecular formula is C10H9NO6S. The van der Waals surface area contributed by atoms with Crippen LogP contribution in [0.5, 0.6) is 0 Å². The third kappa shape index (κ3) is 3.14. The number of carbonyl (C=O) groups is 1. The van der Waals surface area contributed by atoms with Gasteiger partial charge in [-0.2, -0.15) is 0 Å². The molecule has 7 nitrogen and oxygen atoms in total. The van der Waals surface area contributed by atoms with Crippen LogP contribution in [0.3, 0.4) is 0 Å². The van der Waals surface area contributed by atoms with Gasteiger partial charge < -0.3 is 4.74 Å². The van der Waals surface area contributed by atoms with Crippen molar-refractivity contribution in [1.29, 1.82) is 0 Å². The molecule has 0 saturated heterocycles. The molecule has 1 rings (SSSR count). The summed E-state index contributed by atoms with van der Waals surface area (Å²) in [4.78, 5) is 20.4. The Labute approximate surface area is 108 Å². The first-order chi connectivity index (χ1) is 9.94. The molecule has 0 atom stereocenters. The van der Waals surface area contributed by atoms with Gasteiger partial charge in [-0.15, -0.1) is 0 Å². The third-order valence-corrected chi connectivity index (χ3v) is 3.18. The Bertz CT molecular complexity index is 740. The summed E-state index contributed by atoms with van der Waals surface area (Å²) in [5.41, 5.74) is -0.740. The predicted octanol–water partition coefficient (Wildman–Crippen LogP) is 1.06. The Kier molecular flexibility index (Phi) is 2.65. The van der Waals surface area contributed by atoms with Crippen LogP contribution in [0.2, 0.25) is 0 Å². The number of hydrogen-bond donors (Lipinski definition) is 0. The lowest BCUT2D eigenvalue weighted by atomic mass is 10.3. The van der Waals surface area contributed by atoms with Crippen LogP contribution in [0.15, 0.2) is 40.6 Å². The molecule has 0 aromatic heterocycles. The minimum absolute atomic E-state index is 0.101. The molecule has 0 amide bonds. The molecule has 1 aromatic carbocycles. The summed E-state index contributed by atoms with van der Waals surface area (Å²) in [6, 6.07) is 3.05. The lowest BCUT2D eigenvalue weighted by Crippen LogP contribution is -2.03. The minimum Gasteiger partial charge on any atom is -0.466 e. The van der Waals surface area contributed by atoms with E-state index >= 15 is 0 Å². The van der Waals surface area contributed by atoms with Crippen molar-refractivity contribution in [3.8, 4) is 0 Å². The van der Waals surface area contributed by atoms with Gasteiger partial charge >= 0.3 is 5.97 Å². The van der Waals surface area contributed by atoms with Crippen molar-refractivity contribution in [2.45, 2.75) is 4.90 Å². The van der Waals surface area contributed by atoms with Gasteiger partial charge in [0.25, 0.3) is 5.69 Å². The Morgan fingerprint density at radius 2 is 2.22 bits per heavy atom. The Balaban J connectivity index is 3.24. The maximum atomic E-state index is 12.0. The lowest BCUT2D eigenvalue weighted by Gasteiger charge is -2.00. The average Bonchev–Trinajstić information content (AvgIpc) is 2.36. The molecule has 0 aliphatic carbocycles. The van der Waals surface area contributed by atoms with Crippen LogP contribution in [0, 0.1) is 10.1 Å². The van der Waals surface area contributed by atoms with Gasteiger partial charge in [-0.25, -0.2) is 13.2 Å². The number of sulfone groups is 1. The molecule has 0 aliphatic rings. The molecule has 0 N–H and O–H groups in total. The SMILES string of the molecule is [2H]/C(=C/S(=O)(=O)c1ccccc1[N+](=O)[O-])C(=O)OC([2H])([2H])[2H]. The molecule has 0 saturated carbocycles. The highest BCUT2D eigenvalue weighted by molar-refractivity contribution is 7.94. The quantitative estimate of drug-likeness (QED) is 0.352. The summed E-state index contributed by atoms with van der Waals surface area (Å²) in [6.07, 6.45) is 0. The zero-order valence-electron chi connectivity index (χ0n) is 12.7. The molecule has 96 valence electrons. The number of carbonyl (C=O) groups excluding carboxylic acids is 1. The topological polar surface area (TPSA) is 104 Å². The number of nitro benzene ring substituents is 1. The first-order valence-corrected chi connectivity index (χ1v) is 5.89. The summed E-state index contributed by atoms with van der Waals surface area (Å²) in [5, 5.41) is 10.9. The van der Waals surface area contributed by atoms with Crippen LogP contribution in [-0.2, 0) is 19.4 Å². The van der Waals surface area contributed by atoms with E-state index in [4.69, 9.17) is 5.48 Å². The van der Waals surface area contributed by atoms with Gasteiger partial charge in [0, 0.05) is 17.5 Å². The van der Waals surface area contributed by atoms with Gasteiger partial charge in [-0.05, 0) is 6.07 Å². The highest BCUT2D eigenvalue weighted by atomic mass is 32.2. The fourth-order valence-electron chi connectivity index (χ4n) is 1.07. The molecule has 0 heterocycles. The highest BCUT2D eigenvalue weighted by Crippen LogP contribution is 2.24. The number of nitro groups is 1. The van der Waals surface area contributed by atoms with Crippen LogP contribution >= 0.6 is 0 Å². The molecule has 0 bridgehead atoms. The van der Waals surface area contributed by atoms with Crippen molar-refractivity contribution in [2.75, 3.05) is 7.04 Å². The Morgan fingerprint density at radius 3 is 2.83 bits per heavy atom. The van der Waals surface area contributed by atoms with E-state index in [0.717, 1.165) is 12.1 Å². The molecule has 1 aromatic rings. The van der Waals surface area contributed by atoms with Gasteiger partial charge in [-0.3, -0.25) is 10.1 Å². The van der Waals surface area contributed by atoms with E-state index in [1.54, 1.807) is 0 Å². The van der Waals surface area contributed by atoms with Gasteiger partial charge in [0.15, 0.2) is 0 Å². The second kappa shape index (κ2) is 5.41. The minimum atomic E-state index is -4.51. The van der Waals surface area contributed by atoms with E-state index in [2.05, 4.69) is 4.74 Å². The summed E-state index contributed by atoms with van der Waals surface area (Å²) in [7, 11) is -7.65. The first-order valence-electron chi connectivity index (χ1n) is 6.34. The monoisotopic (exact) mass is 275 g/mol. The average molecular weight is 275 g/mol. The highest BCUT2D eigenvalue weighted by Gasteiger charge is 2.22. The molecule has 0 unspecified atom stereocenters.